The Labute approximate surface area is 144 Å². The van der Waals surface area contributed by atoms with Gasteiger partial charge in [-0.2, -0.15) is 0 Å². The molecule has 1 aromatic heterocycles. The molecule has 1 aromatic carbocycles. The Morgan fingerprint density at radius 2 is 1.96 bits per heavy atom. The number of carbonyl (C=O) groups is 1. The molecule has 23 heavy (non-hydrogen) atoms. The second-order valence-electron chi connectivity index (χ2n) is 4.81. The first-order chi connectivity index (χ1) is 10.9. The van der Waals surface area contributed by atoms with Gasteiger partial charge in [0.2, 0.25) is 5.91 Å². The number of aryl methyl sites for hydroxylation is 1. The van der Waals surface area contributed by atoms with Crippen LogP contribution in [0.5, 0.6) is 11.5 Å². The van der Waals surface area contributed by atoms with Crippen LogP contribution in [0.2, 0.25) is 10.2 Å². The number of rotatable bonds is 5. The lowest BCUT2D eigenvalue weighted by Crippen LogP contribution is -2.16. The molecule has 1 N–H and O–H groups in total. The molecular formula is C16H16Cl2N2O3. The molecule has 0 atom stereocenters. The summed E-state index contributed by atoms with van der Waals surface area (Å²) in [5.41, 5.74) is 1.68. The summed E-state index contributed by atoms with van der Waals surface area (Å²) in [6, 6.07) is 6.80. The summed E-state index contributed by atoms with van der Waals surface area (Å²) in [4.78, 5) is 16.4. The van der Waals surface area contributed by atoms with Crippen LogP contribution >= 0.6 is 23.2 Å². The third-order valence-corrected chi connectivity index (χ3v) is 3.82. The van der Waals surface area contributed by atoms with E-state index in [4.69, 9.17) is 32.7 Å². The molecule has 0 fully saturated rings. The summed E-state index contributed by atoms with van der Waals surface area (Å²) in [5.74, 6) is 0.846. The van der Waals surface area contributed by atoms with Gasteiger partial charge >= 0.3 is 0 Å². The molecule has 2 rings (SSSR count). The van der Waals surface area contributed by atoms with Gasteiger partial charge in [0.15, 0.2) is 0 Å². The molecule has 122 valence electrons. The average Bonchev–Trinajstić information content (AvgIpc) is 2.50. The maximum atomic E-state index is 12.3. The van der Waals surface area contributed by atoms with Crippen molar-refractivity contribution in [2.75, 3.05) is 19.5 Å². The lowest BCUT2D eigenvalue weighted by Gasteiger charge is -2.12. The number of benzene rings is 1. The first kappa shape index (κ1) is 17.4. The molecule has 0 unspecified atom stereocenters. The van der Waals surface area contributed by atoms with Crippen LogP contribution in [0.4, 0.5) is 5.69 Å². The molecule has 0 bridgehead atoms. The highest BCUT2D eigenvalue weighted by Gasteiger charge is 2.15. The zero-order valence-corrected chi connectivity index (χ0v) is 14.5. The predicted molar refractivity (Wildman–Crippen MR) is 90.9 cm³/mol. The normalized spacial score (nSPS) is 10.3. The van der Waals surface area contributed by atoms with Gasteiger partial charge in [0.05, 0.1) is 26.3 Å². The summed E-state index contributed by atoms with van der Waals surface area (Å²) in [6.07, 6.45) is 0.00527. The van der Waals surface area contributed by atoms with Gasteiger partial charge < -0.3 is 14.8 Å². The zero-order chi connectivity index (χ0) is 17.0. The van der Waals surface area contributed by atoms with E-state index in [0.717, 1.165) is 0 Å². The van der Waals surface area contributed by atoms with E-state index in [1.165, 1.54) is 7.11 Å². The van der Waals surface area contributed by atoms with Crippen molar-refractivity contribution in [3.05, 3.63) is 45.7 Å². The number of carbonyl (C=O) groups excluding carboxylic acids is 1. The second-order valence-corrected chi connectivity index (χ2v) is 5.57. The van der Waals surface area contributed by atoms with E-state index in [1.54, 1.807) is 38.3 Å². The molecule has 0 saturated heterocycles. The van der Waals surface area contributed by atoms with Gasteiger partial charge in [0.25, 0.3) is 0 Å². The van der Waals surface area contributed by atoms with Crippen molar-refractivity contribution in [1.82, 2.24) is 4.98 Å². The number of anilines is 1. The van der Waals surface area contributed by atoms with E-state index < -0.39 is 0 Å². The SMILES string of the molecule is COc1ccc(OC)c(NC(=O)Cc2c(Cl)cc(C)nc2Cl)c1. The molecule has 0 radical (unpaired) electrons. The number of aromatic nitrogens is 1. The van der Waals surface area contributed by atoms with Crippen molar-refractivity contribution in [3.8, 4) is 11.5 Å². The van der Waals surface area contributed by atoms with Crippen LogP contribution in [0.1, 0.15) is 11.3 Å². The van der Waals surface area contributed by atoms with Crippen LogP contribution in [0.3, 0.4) is 0 Å². The number of amides is 1. The topological polar surface area (TPSA) is 60.5 Å². The fourth-order valence-corrected chi connectivity index (χ4v) is 2.71. The highest BCUT2D eigenvalue weighted by atomic mass is 35.5. The molecule has 1 amide bonds. The first-order valence-electron chi connectivity index (χ1n) is 6.78. The van der Waals surface area contributed by atoms with Crippen LogP contribution < -0.4 is 14.8 Å². The Bertz CT molecular complexity index is 712. The number of hydrogen-bond donors (Lipinski definition) is 1. The van der Waals surface area contributed by atoms with E-state index in [1.807, 2.05) is 0 Å². The number of nitrogens with one attached hydrogen (secondary N) is 1. The molecule has 7 heteroatoms. The minimum atomic E-state index is -0.286. The van der Waals surface area contributed by atoms with Gasteiger partial charge in [-0.15, -0.1) is 0 Å². The summed E-state index contributed by atoms with van der Waals surface area (Å²) in [7, 11) is 3.07. The second kappa shape index (κ2) is 7.53. The van der Waals surface area contributed by atoms with Crippen molar-refractivity contribution < 1.29 is 14.3 Å². The van der Waals surface area contributed by atoms with Crippen molar-refractivity contribution in [1.29, 1.82) is 0 Å². The summed E-state index contributed by atoms with van der Waals surface area (Å²) < 4.78 is 10.4. The standard InChI is InChI=1S/C16H16Cl2N2O3/c1-9-6-12(17)11(16(18)19-9)8-15(21)20-13-7-10(22-2)4-5-14(13)23-3/h4-7H,8H2,1-3H3,(H,20,21). The van der Waals surface area contributed by atoms with E-state index >= 15 is 0 Å². The Morgan fingerprint density at radius 1 is 1.22 bits per heavy atom. The number of pyridine rings is 1. The van der Waals surface area contributed by atoms with Crippen LogP contribution in [-0.4, -0.2) is 25.1 Å². The fraction of sp³-hybridized carbons (Fsp3) is 0.250. The predicted octanol–water partition coefficient (Wildman–Crippen LogP) is 3.90. The Kier molecular flexibility index (Phi) is 5.69. The quantitative estimate of drug-likeness (QED) is 0.827. The number of methoxy groups -OCH3 is 2. The number of hydrogen-bond acceptors (Lipinski definition) is 4. The number of nitrogens with zero attached hydrogens (tertiary/aromatic N) is 1. The van der Waals surface area contributed by atoms with Gasteiger partial charge in [0, 0.05) is 22.3 Å². The Balaban J connectivity index is 2.20. The molecule has 0 aliphatic carbocycles. The minimum absolute atomic E-state index is 0.00527. The number of ether oxygens (including phenoxy) is 2. The van der Waals surface area contributed by atoms with Gasteiger partial charge in [-0.25, -0.2) is 4.98 Å². The monoisotopic (exact) mass is 354 g/mol. The molecule has 5 nitrogen and oxygen atoms in total. The molecule has 0 aliphatic heterocycles. The van der Waals surface area contributed by atoms with Crippen LogP contribution in [0.25, 0.3) is 0 Å². The maximum absolute atomic E-state index is 12.3. The van der Waals surface area contributed by atoms with Crippen molar-refractivity contribution >= 4 is 34.8 Å². The minimum Gasteiger partial charge on any atom is -0.497 e. The van der Waals surface area contributed by atoms with Gasteiger partial charge in [-0.05, 0) is 25.1 Å². The largest absolute Gasteiger partial charge is 0.497 e. The molecular weight excluding hydrogens is 339 g/mol. The van der Waals surface area contributed by atoms with Crippen molar-refractivity contribution in [2.24, 2.45) is 0 Å². The van der Waals surface area contributed by atoms with Gasteiger partial charge in [-0.1, -0.05) is 23.2 Å². The summed E-state index contributed by atoms with van der Waals surface area (Å²) in [5, 5.41) is 3.40. The van der Waals surface area contributed by atoms with E-state index in [-0.39, 0.29) is 17.5 Å². The van der Waals surface area contributed by atoms with E-state index in [0.29, 0.717) is 33.5 Å². The van der Waals surface area contributed by atoms with Crippen LogP contribution in [0, 0.1) is 6.92 Å². The molecule has 0 saturated carbocycles. The smallest absolute Gasteiger partial charge is 0.229 e. The van der Waals surface area contributed by atoms with Crippen molar-refractivity contribution in [2.45, 2.75) is 13.3 Å². The van der Waals surface area contributed by atoms with E-state index in [2.05, 4.69) is 10.3 Å². The third-order valence-electron chi connectivity index (χ3n) is 3.17. The van der Waals surface area contributed by atoms with Crippen LogP contribution in [0.15, 0.2) is 24.3 Å². The van der Waals surface area contributed by atoms with E-state index in [9.17, 15) is 4.79 Å². The Hall–Kier alpha value is -1.98. The zero-order valence-electron chi connectivity index (χ0n) is 12.9. The molecule has 1 heterocycles. The lowest BCUT2D eigenvalue weighted by atomic mass is 10.1. The molecule has 0 aliphatic rings. The summed E-state index contributed by atoms with van der Waals surface area (Å²) >= 11 is 12.2. The molecule has 0 spiro atoms. The highest BCUT2D eigenvalue weighted by Crippen LogP contribution is 2.30. The maximum Gasteiger partial charge on any atom is 0.229 e. The van der Waals surface area contributed by atoms with Crippen molar-refractivity contribution in [3.63, 3.8) is 0 Å². The van der Waals surface area contributed by atoms with Crippen LogP contribution in [-0.2, 0) is 11.2 Å². The van der Waals surface area contributed by atoms with Gasteiger partial charge in [-0.3, -0.25) is 4.79 Å². The fourth-order valence-electron chi connectivity index (χ4n) is 2.05. The Morgan fingerprint density at radius 3 is 2.57 bits per heavy atom. The number of halogens is 2. The first-order valence-corrected chi connectivity index (χ1v) is 7.53. The average molecular weight is 355 g/mol. The highest BCUT2D eigenvalue weighted by molar-refractivity contribution is 6.35. The lowest BCUT2D eigenvalue weighted by molar-refractivity contribution is -0.115. The van der Waals surface area contributed by atoms with Gasteiger partial charge in [0.1, 0.15) is 16.7 Å². The third kappa shape index (κ3) is 4.27. The summed E-state index contributed by atoms with van der Waals surface area (Å²) in [6.45, 7) is 1.78. The molecule has 2 aromatic rings.